The molecule has 0 aromatic heterocycles. The molecule has 1 heterocycles. The molecule has 6 nitrogen and oxygen atoms in total. The lowest BCUT2D eigenvalue weighted by Crippen LogP contribution is -2.44. The number of morpholine rings is 1. The number of rotatable bonds is 8. The van der Waals surface area contributed by atoms with Gasteiger partial charge in [-0.2, -0.15) is 0 Å². The number of guanidine groups is 1. The van der Waals surface area contributed by atoms with Gasteiger partial charge in [-0.15, -0.1) is 24.0 Å². The van der Waals surface area contributed by atoms with Gasteiger partial charge < -0.3 is 20.1 Å². The highest BCUT2D eigenvalue weighted by Crippen LogP contribution is 2.11. The molecule has 1 aromatic carbocycles. The molecule has 0 aliphatic carbocycles. The zero-order valence-corrected chi connectivity index (χ0v) is 18.5. The van der Waals surface area contributed by atoms with Gasteiger partial charge in [-0.05, 0) is 38.5 Å². The summed E-state index contributed by atoms with van der Waals surface area (Å²) in [7, 11) is 0. The first kappa shape index (κ1) is 23.0. The van der Waals surface area contributed by atoms with E-state index in [0.717, 1.165) is 51.1 Å². The first-order chi connectivity index (χ1) is 12.2. The van der Waals surface area contributed by atoms with Gasteiger partial charge in [-0.3, -0.25) is 9.89 Å². The van der Waals surface area contributed by atoms with Crippen LogP contribution >= 0.6 is 24.0 Å². The number of benzene rings is 1. The van der Waals surface area contributed by atoms with Crippen LogP contribution < -0.4 is 15.4 Å². The van der Waals surface area contributed by atoms with Crippen LogP contribution in [-0.4, -0.2) is 69.4 Å². The number of halogens is 1. The number of aliphatic imine (C=N–C) groups is 1. The molecule has 26 heavy (non-hydrogen) atoms. The van der Waals surface area contributed by atoms with Crippen LogP contribution in [0.15, 0.2) is 29.3 Å². The maximum absolute atomic E-state index is 5.77. The molecule has 7 heteroatoms. The lowest BCUT2D eigenvalue weighted by Gasteiger charge is -2.31. The van der Waals surface area contributed by atoms with Crippen LogP contribution in [0.1, 0.15) is 19.4 Å². The first-order valence-corrected chi connectivity index (χ1v) is 9.22. The van der Waals surface area contributed by atoms with Gasteiger partial charge in [0.25, 0.3) is 0 Å². The fourth-order valence-corrected chi connectivity index (χ4v) is 2.74. The zero-order valence-electron chi connectivity index (χ0n) is 16.2. The lowest BCUT2D eigenvalue weighted by molar-refractivity contribution is 0.0220. The van der Waals surface area contributed by atoms with Gasteiger partial charge in [0.2, 0.25) is 0 Å². The Morgan fingerprint density at radius 1 is 1.31 bits per heavy atom. The summed E-state index contributed by atoms with van der Waals surface area (Å²) in [6, 6.07) is 8.52. The summed E-state index contributed by atoms with van der Waals surface area (Å²) in [6.45, 7) is 12.9. The largest absolute Gasteiger partial charge is 0.492 e. The van der Waals surface area contributed by atoms with E-state index in [9.17, 15) is 0 Å². The molecule has 0 saturated carbocycles. The minimum absolute atomic E-state index is 0. The van der Waals surface area contributed by atoms with Crippen molar-refractivity contribution >= 4 is 29.9 Å². The Balaban J connectivity index is 0.00000338. The van der Waals surface area contributed by atoms with Crippen molar-refractivity contribution in [1.82, 2.24) is 15.5 Å². The van der Waals surface area contributed by atoms with Crippen molar-refractivity contribution < 1.29 is 9.47 Å². The summed E-state index contributed by atoms with van der Waals surface area (Å²) in [4.78, 5) is 7.13. The Morgan fingerprint density at radius 3 is 2.77 bits per heavy atom. The van der Waals surface area contributed by atoms with Gasteiger partial charge >= 0.3 is 0 Å². The van der Waals surface area contributed by atoms with Crippen LogP contribution in [-0.2, 0) is 4.74 Å². The van der Waals surface area contributed by atoms with Gasteiger partial charge in [0.05, 0.1) is 26.3 Å². The van der Waals surface area contributed by atoms with Crippen molar-refractivity contribution in [3.05, 3.63) is 29.8 Å². The van der Waals surface area contributed by atoms with E-state index < -0.39 is 0 Å². The van der Waals surface area contributed by atoms with Crippen molar-refractivity contribution in [3.8, 4) is 5.75 Å². The Morgan fingerprint density at radius 2 is 2.08 bits per heavy atom. The van der Waals surface area contributed by atoms with Crippen molar-refractivity contribution in [1.29, 1.82) is 0 Å². The van der Waals surface area contributed by atoms with E-state index in [1.54, 1.807) is 0 Å². The molecule has 148 valence electrons. The summed E-state index contributed by atoms with van der Waals surface area (Å²) in [5.41, 5.74) is 1.21. The lowest BCUT2D eigenvalue weighted by atomic mass is 10.2. The maximum Gasteiger partial charge on any atom is 0.191 e. The normalized spacial score (nSPS) is 16.5. The number of hydrogen-bond acceptors (Lipinski definition) is 4. The Labute approximate surface area is 174 Å². The van der Waals surface area contributed by atoms with E-state index in [4.69, 9.17) is 14.5 Å². The van der Waals surface area contributed by atoms with Crippen LogP contribution in [0.2, 0.25) is 0 Å². The molecule has 1 unspecified atom stereocenters. The number of nitrogens with zero attached hydrogens (tertiary/aromatic N) is 2. The highest BCUT2D eigenvalue weighted by Gasteiger charge is 2.16. The number of ether oxygens (including phenoxy) is 2. The third-order valence-corrected chi connectivity index (χ3v) is 4.18. The number of hydrogen-bond donors (Lipinski definition) is 2. The molecule has 2 N–H and O–H groups in total. The number of nitrogens with one attached hydrogen (secondary N) is 2. The van der Waals surface area contributed by atoms with Gasteiger partial charge in [-0.25, -0.2) is 0 Å². The second kappa shape index (κ2) is 13.2. The molecule has 0 radical (unpaired) electrons. The monoisotopic (exact) mass is 476 g/mol. The molecule has 0 amide bonds. The van der Waals surface area contributed by atoms with Crippen LogP contribution in [0.5, 0.6) is 5.75 Å². The molecular formula is C19H33IN4O2. The average Bonchev–Trinajstić information content (AvgIpc) is 2.63. The highest BCUT2D eigenvalue weighted by molar-refractivity contribution is 14.0. The van der Waals surface area contributed by atoms with Crippen LogP contribution in [0, 0.1) is 6.92 Å². The SMILES string of the molecule is CCNC(=NCC(C)N1CCOCC1)NCCOc1cccc(C)c1.I. The van der Waals surface area contributed by atoms with Crippen molar-refractivity contribution in [2.45, 2.75) is 26.8 Å². The third kappa shape index (κ3) is 8.55. The van der Waals surface area contributed by atoms with Crippen molar-refractivity contribution in [3.63, 3.8) is 0 Å². The van der Waals surface area contributed by atoms with Crippen molar-refractivity contribution in [2.24, 2.45) is 4.99 Å². The molecule has 1 aliphatic rings. The predicted molar refractivity (Wildman–Crippen MR) is 118 cm³/mol. The molecule has 1 aliphatic heterocycles. The standard InChI is InChI=1S/C19H32N4O2.HI/c1-4-20-19(22-15-17(3)23-9-12-24-13-10-23)21-8-11-25-18-7-5-6-16(2)14-18;/h5-7,14,17H,4,8-13,15H2,1-3H3,(H2,20,21,22);1H. The van der Waals surface area contributed by atoms with Crippen LogP contribution in [0.3, 0.4) is 0 Å². The quantitative estimate of drug-likeness (QED) is 0.261. The first-order valence-electron chi connectivity index (χ1n) is 9.22. The molecule has 1 fully saturated rings. The van der Waals surface area contributed by atoms with Gasteiger partial charge in [0, 0.05) is 25.7 Å². The van der Waals surface area contributed by atoms with Gasteiger partial charge in [0.1, 0.15) is 12.4 Å². The molecule has 1 atom stereocenters. The Bertz CT molecular complexity index is 536. The van der Waals surface area contributed by atoms with Crippen molar-refractivity contribution in [2.75, 3.05) is 52.5 Å². The van der Waals surface area contributed by atoms with Crippen LogP contribution in [0.25, 0.3) is 0 Å². The summed E-state index contributed by atoms with van der Waals surface area (Å²) in [5.74, 6) is 1.75. The van der Waals surface area contributed by atoms with E-state index in [-0.39, 0.29) is 24.0 Å². The molecule has 2 rings (SSSR count). The molecular weight excluding hydrogens is 443 g/mol. The minimum Gasteiger partial charge on any atom is -0.492 e. The van der Waals surface area contributed by atoms with Crippen LogP contribution in [0.4, 0.5) is 0 Å². The topological polar surface area (TPSA) is 58.1 Å². The van der Waals surface area contributed by atoms with E-state index in [2.05, 4.69) is 42.4 Å². The maximum atomic E-state index is 5.77. The summed E-state index contributed by atoms with van der Waals surface area (Å²) in [6.07, 6.45) is 0. The van der Waals surface area contributed by atoms with Gasteiger partial charge in [0.15, 0.2) is 5.96 Å². The zero-order chi connectivity index (χ0) is 17.9. The van der Waals surface area contributed by atoms with Gasteiger partial charge in [-0.1, -0.05) is 12.1 Å². The fourth-order valence-electron chi connectivity index (χ4n) is 2.74. The molecule has 0 bridgehead atoms. The minimum atomic E-state index is 0. The summed E-state index contributed by atoms with van der Waals surface area (Å²) < 4.78 is 11.2. The average molecular weight is 476 g/mol. The number of aryl methyl sites for hydroxylation is 1. The molecule has 1 aromatic rings. The summed E-state index contributed by atoms with van der Waals surface area (Å²) >= 11 is 0. The predicted octanol–water partition coefficient (Wildman–Crippen LogP) is 2.27. The second-order valence-electron chi connectivity index (χ2n) is 6.31. The molecule has 0 spiro atoms. The Kier molecular flexibility index (Phi) is 11.6. The third-order valence-electron chi connectivity index (χ3n) is 4.18. The molecule has 1 saturated heterocycles. The van der Waals surface area contributed by atoms with E-state index in [1.807, 2.05) is 18.2 Å². The smallest absolute Gasteiger partial charge is 0.191 e. The second-order valence-corrected chi connectivity index (χ2v) is 6.31. The fraction of sp³-hybridized carbons (Fsp3) is 0.632. The van der Waals surface area contributed by atoms with E-state index >= 15 is 0 Å². The van der Waals surface area contributed by atoms with E-state index in [0.29, 0.717) is 19.2 Å². The highest BCUT2D eigenvalue weighted by atomic mass is 127. The van der Waals surface area contributed by atoms with E-state index in [1.165, 1.54) is 5.56 Å². The Hall–Kier alpha value is -1.06. The summed E-state index contributed by atoms with van der Waals surface area (Å²) in [5, 5.41) is 6.62.